The van der Waals surface area contributed by atoms with Crippen molar-refractivity contribution in [2.24, 2.45) is 0 Å². The molecule has 0 saturated heterocycles. The average molecular weight is 253 g/mol. The van der Waals surface area contributed by atoms with E-state index in [0.717, 1.165) is 4.48 Å². The summed E-state index contributed by atoms with van der Waals surface area (Å²) in [5.41, 5.74) is 1.22. The van der Waals surface area contributed by atoms with Gasteiger partial charge in [-0.3, -0.25) is 0 Å². The fraction of sp³-hybridized carbons (Fsp3) is 0.231. The standard InChI is InChI=1S/C11H11Br.C2H6/c1-2-11(12)9-8-10-6-4-3-5-7-10;1-2/h2-9H,1H3;1-2H3/b9-8-,11-2-;. The van der Waals surface area contributed by atoms with Gasteiger partial charge in [-0.2, -0.15) is 0 Å². The minimum absolute atomic E-state index is 1.10. The Hall–Kier alpha value is -0.820. The molecule has 0 heterocycles. The highest BCUT2D eigenvalue weighted by Gasteiger charge is 1.83. The molecule has 0 amide bonds. The third-order valence-corrected chi connectivity index (χ3v) is 2.23. The first-order valence-corrected chi connectivity index (χ1v) is 5.67. The summed E-state index contributed by atoms with van der Waals surface area (Å²) in [6, 6.07) is 10.2. The Morgan fingerprint density at radius 2 is 1.71 bits per heavy atom. The van der Waals surface area contributed by atoms with Gasteiger partial charge in [-0.15, -0.1) is 0 Å². The van der Waals surface area contributed by atoms with E-state index >= 15 is 0 Å². The quantitative estimate of drug-likeness (QED) is 0.649. The van der Waals surface area contributed by atoms with Crippen LogP contribution in [0.5, 0.6) is 0 Å². The zero-order valence-electron chi connectivity index (χ0n) is 9.00. The smallest absolute Gasteiger partial charge is 0.0132 e. The maximum atomic E-state index is 3.41. The van der Waals surface area contributed by atoms with Crippen LogP contribution in [0.2, 0.25) is 0 Å². The molecule has 0 radical (unpaired) electrons. The highest BCUT2D eigenvalue weighted by molar-refractivity contribution is 9.11. The molecule has 0 fully saturated rings. The van der Waals surface area contributed by atoms with Crippen LogP contribution in [0.15, 0.2) is 47.0 Å². The van der Waals surface area contributed by atoms with Crippen LogP contribution < -0.4 is 0 Å². The second-order valence-corrected chi connectivity index (χ2v) is 3.33. The van der Waals surface area contributed by atoms with E-state index in [1.807, 2.05) is 51.1 Å². The molecule has 0 unspecified atom stereocenters. The van der Waals surface area contributed by atoms with Gasteiger partial charge in [0.05, 0.1) is 0 Å². The lowest BCUT2D eigenvalue weighted by molar-refractivity contribution is 1.50. The van der Waals surface area contributed by atoms with E-state index in [0.29, 0.717) is 0 Å². The molecular weight excluding hydrogens is 236 g/mol. The lowest BCUT2D eigenvalue weighted by Gasteiger charge is -1.90. The Labute approximate surface area is 95.5 Å². The fourth-order valence-electron chi connectivity index (χ4n) is 0.836. The molecule has 1 aromatic rings. The number of hydrogen-bond donors (Lipinski definition) is 0. The lowest BCUT2D eigenvalue weighted by atomic mass is 10.2. The van der Waals surface area contributed by atoms with Crippen molar-refractivity contribution < 1.29 is 0 Å². The number of halogens is 1. The summed E-state index contributed by atoms with van der Waals surface area (Å²) in [5.74, 6) is 0. The number of hydrogen-bond acceptors (Lipinski definition) is 0. The average Bonchev–Trinajstić information content (AvgIpc) is 2.30. The SMILES string of the molecule is C/C=C(Br)/C=C\c1ccccc1.CC. The first-order chi connectivity index (χ1) is 6.83. The molecule has 0 aliphatic heterocycles. The van der Waals surface area contributed by atoms with Crippen molar-refractivity contribution in [3.63, 3.8) is 0 Å². The van der Waals surface area contributed by atoms with Crippen LogP contribution in [0, 0.1) is 0 Å². The van der Waals surface area contributed by atoms with Crippen LogP contribution in [0.3, 0.4) is 0 Å². The number of allylic oxidation sites excluding steroid dienone is 3. The van der Waals surface area contributed by atoms with Crippen LogP contribution in [-0.2, 0) is 0 Å². The van der Waals surface area contributed by atoms with E-state index in [1.165, 1.54) is 5.56 Å². The van der Waals surface area contributed by atoms with Crippen LogP contribution in [-0.4, -0.2) is 0 Å². The summed E-state index contributed by atoms with van der Waals surface area (Å²) < 4.78 is 1.10. The molecule has 0 spiro atoms. The summed E-state index contributed by atoms with van der Waals surface area (Å²) in [6.07, 6.45) is 6.12. The second kappa shape index (κ2) is 8.76. The van der Waals surface area contributed by atoms with Crippen molar-refractivity contribution in [2.45, 2.75) is 20.8 Å². The monoisotopic (exact) mass is 252 g/mol. The molecule has 1 rings (SSSR count). The van der Waals surface area contributed by atoms with E-state index in [9.17, 15) is 0 Å². The van der Waals surface area contributed by atoms with Gasteiger partial charge < -0.3 is 0 Å². The Bertz CT molecular complexity index is 283. The highest BCUT2D eigenvalue weighted by Crippen LogP contribution is 2.09. The van der Waals surface area contributed by atoms with Crippen molar-refractivity contribution >= 4 is 22.0 Å². The molecule has 0 atom stereocenters. The molecule has 0 nitrogen and oxygen atoms in total. The van der Waals surface area contributed by atoms with Crippen molar-refractivity contribution in [3.8, 4) is 0 Å². The zero-order valence-corrected chi connectivity index (χ0v) is 10.6. The van der Waals surface area contributed by atoms with Crippen molar-refractivity contribution in [2.75, 3.05) is 0 Å². The summed E-state index contributed by atoms with van der Waals surface area (Å²) in [6.45, 7) is 6.00. The molecule has 0 saturated carbocycles. The Morgan fingerprint density at radius 3 is 2.21 bits per heavy atom. The third-order valence-electron chi connectivity index (χ3n) is 1.51. The molecule has 0 N–H and O–H groups in total. The van der Waals surface area contributed by atoms with Gasteiger partial charge in [0.25, 0.3) is 0 Å². The molecule has 76 valence electrons. The minimum Gasteiger partial charge on any atom is -0.0734 e. The van der Waals surface area contributed by atoms with E-state index in [2.05, 4.69) is 34.1 Å². The van der Waals surface area contributed by atoms with Gasteiger partial charge in [-0.05, 0) is 18.6 Å². The maximum absolute atomic E-state index is 3.41. The van der Waals surface area contributed by atoms with Gasteiger partial charge in [0, 0.05) is 4.48 Å². The van der Waals surface area contributed by atoms with Gasteiger partial charge in [0.2, 0.25) is 0 Å². The second-order valence-electron chi connectivity index (χ2n) is 2.42. The van der Waals surface area contributed by atoms with Crippen molar-refractivity contribution in [1.82, 2.24) is 0 Å². The summed E-state index contributed by atoms with van der Waals surface area (Å²) in [4.78, 5) is 0. The van der Waals surface area contributed by atoms with E-state index in [-0.39, 0.29) is 0 Å². The van der Waals surface area contributed by atoms with Gasteiger partial charge in [-0.1, -0.05) is 72.3 Å². The topological polar surface area (TPSA) is 0 Å². The van der Waals surface area contributed by atoms with Crippen LogP contribution >= 0.6 is 15.9 Å². The van der Waals surface area contributed by atoms with E-state index in [1.54, 1.807) is 0 Å². The summed E-state index contributed by atoms with van der Waals surface area (Å²) in [5, 5.41) is 0. The number of rotatable bonds is 2. The summed E-state index contributed by atoms with van der Waals surface area (Å²) in [7, 11) is 0. The van der Waals surface area contributed by atoms with Gasteiger partial charge in [0.15, 0.2) is 0 Å². The molecule has 1 aromatic carbocycles. The van der Waals surface area contributed by atoms with E-state index < -0.39 is 0 Å². The summed E-state index contributed by atoms with van der Waals surface area (Å²) >= 11 is 3.41. The first-order valence-electron chi connectivity index (χ1n) is 4.88. The van der Waals surface area contributed by atoms with Gasteiger partial charge in [-0.25, -0.2) is 0 Å². The Balaban J connectivity index is 0.000000791. The van der Waals surface area contributed by atoms with Gasteiger partial charge in [0.1, 0.15) is 0 Å². The normalized spacial score (nSPS) is 11.0. The highest BCUT2D eigenvalue weighted by atomic mass is 79.9. The predicted octanol–water partition coefficient (Wildman–Crippen LogP) is 5.02. The molecule has 0 aliphatic carbocycles. The van der Waals surface area contributed by atoms with Crippen molar-refractivity contribution in [1.29, 1.82) is 0 Å². The fourth-order valence-corrected chi connectivity index (χ4v) is 0.968. The van der Waals surface area contributed by atoms with Crippen LogP contribution in [0.25, 0.3) is 6.08 Å². The molecule has 1 heteroatoms. The molecule has 0 bridgehead atoms. The molecule has 14 heavy (non-hydrogen) atoms. The zero-order chi connectivity index (χ0) is 10.8. The van der Waals surface area contributed by atoms with E-state index in [4.69, 9.17) is 0 Å². The molecular formula is C13H17Br. The Morgan fingerprint density at radius 1 is 1.14 bits per heavy atom. The third kappa shape index (κ3) is 5.76. The predicted molar refractivity (Wildman–Crippen MR) is 69.5 cm³/mol. The van der Waals surface area contributed by atoms with Crippen molar-refractivity contribution in [3.05, 3.63) is 52.5 Å². The van der Waals surface area contributed by atoms with Crippen LogP contribution in [0.1, 0.15) is 26.3 Å². The molecule has 0 aliphatic rings. The number of benzene rings is 1. The Kier molecular flexibility index (Phi) is 8.25. The maximum Gasteiger partial charge on any atom is 0.0132 e. The van der Waals surface area contributed by atoms with Crippen LogP contribution in [0.4, 0.5) is 0 Å². The lowest BCUT2D eigenvalue weighted by Crippen LogP contribution is -1.68. The first kappa shape index (κ1) is 13.2. The van der Waals surface area contributed by atoms with Gasteiger partial charge >= 0.3 is 0 Å². The minimum atomic E-state index is 1.10. The molecule has 0 aromatic heterocycles. The largest absolute Gasteiger partial charge is 0.0734 e.